The molecule has 0 spiro atoms. The van der Waals surface area contributed by atoms with Crippen LogP contribution in [0.4, 0.5) is 0 Å². The number of carbonyl (C=O) groups is 2. The number of hydrogen-bond acceptors (Lipinski definition) is 4. The summed E-state index contributed by atoms with van der Waals surface area (Å²) in [4.78, 5) is 26.4. The number of phenols is 1. The number of amides is 1. The van der Waals surface area contributed by atoms with Crippen molar-refractivity contribution in [1.29, 1.82) is 0 Å². The number of nitrogens with one attached hydrogen (secondary N) is 1. The zero-order valence-corrected chi connectivity index (χ0v) is 9.79. The first kappa shape index (κ1) is 12.8. The van der Waals surface area contributed by atoms with Gasteiger partial charge in [-0.15, -0.1) is 0 Å². The topological polar surface area (TPSA) is 95.9 Å². The van der Waals surface area contributed by atoms with Gasteiger partial charge in [-0.05, 0) is 11.5 Å². The van der Waals surface area contributed by atoms with Gasteiger partial charge >= 0.3 is 5.97 Å². The number of benzene rings is 2. The zero-order valence-electron chi connectivity index (χ0n) is 9.79. The molecule has 6 heteroatoms. The minimum absolute atomic E-state index is 0.0177. The molecule has 0 saturated heterocycles. The van der Waals surface area contributed by atoms with E-state index >= 15 is 0 Å². The predicted molar refractivity (Wildman–Crippen MR) is 66.7 cm³/mol. The monoisotopic (exact) mass is 261 g/mol. The lowest BCUT2D eigenvalue weighted by molar-refractivity contribution is -0.144. The van der Waals surface area contributed by atoms with Gasteiger partial charge < -0.3 is 10.2 Å². The summed E-state index contributed by atoms with van der Waals surface area (Å²) < 4.78 is 0. The normalized spacial score (nSPS) is 10.3. The highest BCUT2D eigenvalue weighted by Gasteiger charge is 2.14. The van der Waals surface area contributed by atoms with E-state index < -0.39 is 18.5 Å². The molecule has 1 amide bonds. The molecule has 19 heavy (non-hydrogen) atoms. The Morgan fingerprint density at radius 1 is 1.16 bits per heavy atom. The van der Waals surface area contributed by atoms with E-state index in [-0.39, 0.29) is 11.3 Å². The van der Waals surface area contributed by atoms with Crippen LogP contribution in [-0.2, 0) is 9.63 Å². The van der Waals surface area contributed by atoms with Crippen molar-refractivity contribution in [2.75, 3.05) is 6.61 Å². The molecular formula is C13H11NO5. The third kappa shape index (κ3) is 2.80. The molecule has 0 bridgehead atoms. The number of rotatable bonds is 4. The highest BCUT2D eigenvalue weighted by atomic mass is 16.7. The Kier molecular flexibility index (Phi) is 3.63. The van der Waals surface area contributed by atoms with Crippen LogP contribution >= 0.6 is 0 Å². The van der Waals surface area contributed by atoms with Crippen LogP contribution in [0.15, 0.2) is 36.4 Å². The van der Waals surface area contributed by atoms with Gasteiger partial charge in [0.1, 0.15) is 5.75 Å². The summed E-state index contributed by atoms with van der Waals surface area (Å²) in [6.45, 7) is -0.653. The molecule has 0 aliphatic heterocycles. The van der Waals surface area contributed by atoms with Gasteiger partial charge in [-0.1, -0.05) is 30.3 Å². The number of aromatic hydroxyl groups is 1. The van der Waals surface area contributed by atoms with Crippen molar-refractivity contribution in [1.82, 2.24) is 5.48 Å². The highest BCUT2D eigenvalue weighted by Crippen LogP contribution is 2.28. The SMILES string of the molecule is O=C(O)CONC(=O)c1ccc2ccccc2c1O. The van der Waals surface area contributed by atoms with Crippen LogP contribution in [0.25, 0.3) is 10.8 Å². The van der Waals surface area contributed by atoms with Crippen LogP contribution < -0.4 is 5.48 Å². The van der Waals surface area contributed by atoms with Crippen molar-refractivity contribution in [2.45, 2.75) is 0 Å². The maximum absolute atomic E-state index is 11.7. The van der Waals surface area contributed by atoms with Crippen LogP contribution in [0.3, 0.4) is 0 Å². The maximum atomic E-state index is 11.7. The molecule has 0 heterocycles. The second-order valence-corrected chi connectivity index (χ2v) is 3.80. The Labute approximate surface area is 108 Å². The van der Waals surface area contributed by atoms with Crippen LogP contribution in [-0.4, -0.2) is 28.7 Å². The third-order valence-corrected chi connectivity index (χ3v) is 2.51. The van der Waals surface area contributed by atoms with Gasteiger partial charge in [0.05, 0.1) is 5.56 Å². The summed E-state index contributed by atoms with van der Waals surface area (Å²) in [6.07, 6.45) is 0. The van der Waals surface area contributed by atoms with Crippen molar-refractivity contribution in [3.63, 3.8) is 0 Å². The number of carboxylic acids is 1. The van der Waals surface area contributed by atoms with Gasteiger partial charge in [0.15, 0.2) is 6.61 Å². The molecule has 2 aromatic rings. The van der Waals surface area contributed by atoms with Crippen LogP contribution in [0.1, 0.15) is 10.4 Å². The zero-order chi connectivity index (χ0) is 13.8. The molecule has 0 saturated carbocycles. The fourth-order valence-electron chi connectivity index (χ4n) is 1.66. The van der Waals surface area contributed by atoms with Crippen molar-refractivity contribution in [3.8, 4) is 5.75 Å². The predicted octanol–water partition coefficient (Wildman–Crippen LogP) is 1.29. The van der Waals surface area contributed by atoms with E-state index in [0.29, 0.717) is 5.39 Å². The molecule has 0 radical (unpaired) electrons. The Morgan fingerprint density at radius 2 is 1.89 bits per heavy atom. The molecule has 2 aromatic carbocycles. The average molecular weight is 261 g/mol. The minimum atomic E-state index is -1.21. The Hall–Kier alpha value is -2.60. The number of hydrogen-bond donors (Lipinski definition) is 3. The van der Waals surface area contributed by atoms with Crippen LogP contribution in [0, 0.1) is 0 Å². The van der Waals surface area contributed by atoms with Gasteiger partial charge in [0, 0.05) is 5.39 Å². The van der Waals surface area contributed by atoms with Gasteiger partial charge in [-0.3, -0.25) is 9.63 Å². The van der Waals surface area contributed by atoms with Crippen LogP contribution in [0.2, 0.25) is 0 Å². The van der Waals surface area contributed by atoms with Gasteiger partial charge in [-0.2, -0.15) is 0 Å². The number of aliphatic carboxylic acids is 1. The largest absolute Gasteiger partial charge is 0.506 e. The lowest BCUT2D eigenvalue weighted by atomic mass is 10.1. The molecule has 0 unspecified atom stereocenters. The number of carbonyl (C=O) groups excluding carboxylic acids is 1. The number of carboxylic acid groups (broad SMARTS) is 1. The summed E-state index contributed by atoms with van der Waals surface area (Å²) in [6, 6.07) is 10.2. The molecular weight excluding hydrogens is 250 g/mol. The van der Waals surface area contributed by atoms with Crippen molar-refractivity contribution in [3.05, 3.63) is 42.0 Å². The van der Waals surface area contributed by atoms with E-state index in [0.717, 1.165) is 5.39 Å². The summed E-state index contributed by atoms with van der Waals surface area (Å²) in [5.74, 6) is -2.08. The van der Waals surface area contributed by atoms with Crippen molar-refractivity contribution >= 4 is 22.6 Å². The summed E-state index contributed by atoms with van der Waals surface area (Å²) in [5.41, 5.74) is 1.97. The van der Waals surface area contributed by atoms with E-state index in [4.69, 9.17) is 5.11 Å². The smallest absolute Gasteiger partial charge is 0.332 e. The number of fused-ring (bicyclic) bond motifs is 1. The van der Waals surface area contributed by atoms with Gasteiger partial charge in [-0.25, -0.2) is 10.3 Å². The molecule has 0 aliphatic rings. The highest BCUT2D eigenvalue weighted by molar-refractivity contribution is 6.03. The Bertz CT molecular complexity index is 638. The standard InChI is InChI=1S/C13H11NO5/c15-11(16)7-19-14-13(18)10-6-5-8-3-1-2-4-9(8)12(10)17/h1-6,17H,7H2,(H,14,18)(H,15,16). The van der Waals surface area contributed by atoms with E-state index in [2.05, 4.69) is 4.84 Å². The molecule has 0 fully saturated rings. The van der Waals surface area contributed by atoms with E-state index in [9.17, 15) is 14.7 Å². The van der Waals surface area contributed by atoms with Gasteiger partial charge in [0.2, 0.25) is 0 Å². The molecule has 0 atom stereocenters. The molecule has 6 nitrogen and oxygen atoms in total. The first-order valence-corrected chi connectivity index (χ1v) is 5.44. The minimum Gasteiger partial charge on any atom is -0.506 e. The van der Waals surface area contributed by atoms with E-state index in [1.54, 1.807) is 24.3 Å². The van der Waals surface area contributed by atoms with Gasteiger partial charge in [0.25, 0.3) is 5.91 Å². The van der Waals surface area contributed by atoms with Crippen molar-refractivity contribution in [2.24, 2.45) is 0 Å². The molecule has 2 rings (SSSR count). The fourth-order valence-corrected chi connectivity index (χ4v) is 1.66. The Balaban J connectivity index is 2.22. The molecule has 3 N–H and O–H groups in total. The second kappa shape index (κ2) is 5.36. The molecule has 0 aliphatic carbocycles. The summed E-state index contributed by atoms with van der Waals surface area (Å²) in [7, 11) is 0. The first-order valence-electron chi connectivity index (χ1n) is 5.44. The summed E-state index contributed by atoms with van der Waals surface area (Å²) >= 11 is 0. The molecule has 98 valence electrons. The summed E-state index contributed by atoms with van der Waals surface area (Å²) in [5, 5.41) is 19.7. The second-order valence-electron chi connectivity index (χ2n) is 3.80. The lowest BCUT2D eigenvalue weighted by Crippen LogP contribution is -2.26. The fraction of sp³-hybridized carbons (Fsp3) is 0.0769. The van der Waals surface area contributed by atoms with E-state index in [1.807, 2.05) is 11.5 Å². The average Bonchev–Trinajstić information content (AvgIpc) is 2.39. The quantitative estimate of drug-likeness (QED) is 0.721. The number of hydroxylamine groups is 1. The third-order valence-electron chi connectivity index (χ3n) is 2.51. The first-order chi connectivity index (χ1) is 9.09. The molecule has 0 aromatic heterocycles. The lowest BCUT2D eigenvalue weighted by Gasteiger charge is -2.08. The van der Waals surface area contributed by atoms with Crippen molar-refractivity contribution < 1.29 is 24.6 Å². The van der Waals surface area contributed by atoms with Crippen LogP contribution in [0.5, 0.6) is 5.75 Å². The number of phenolic OH excluding ortho intramolecular Hbond substituents is 1. The Morgan fingerprint density at radius 3 is 2.63 bits per heavy atom. The van der Waals surface area contributed by atoms with E-state index in [1.165, 1.54) is 6.07 Å². The maximum Gasteiger partial charge on any atom is 0.332 e.